The van der Waals surface area contributed by atoms with Crippen LogP contribution in [-0.2, 0) is 6.42 Å². The molecule has 1 unspecified atom stereocenters. The monoisotopic (exact) mass is 256 g/mol. The van der Waals surface area contributed by atoms with Crippen LogP contribution >= 0.6 is 11.8 Å². The number of nitrogen functional groups attached to an aromatic ring is 1. The smallest absolute Gasteiger partial charge is 0.273 e. The Hall–Kier alpha value is -1.17. The van der Waals surface area contributed by atoms with E-state index in [1.54, 1.807) is 11.8 Å². The van der Waals surface area contributed by atoms with E-state index < -0.39 is 0 Å². The van der Waals surface area contributed by atoms with Crippen LogP contribution in [0.3, 0.4) is 0 Å². The molecule has 6 heteroatoms. The van der Waals surface area contributed by atoms with Crippen LogP contribution < -0.4 is 11.1 Å². The SMILES string of the molecule is CCc1[nH]nc(C(=O)NCCC(C)SC)c1N. The van der Waals surface area contributed by atoms with Crippen LogP contribution in [0.4, 0.5) is 5.69 Å². The molecule has 5 nitrogen and oxygen atoms in total. The zero-order chi connectivity index (χ0) is 12.8. The number of thioether (sulfide) groups is 1. The average Bonchev–Trinajstić information content (AvgIpc) is 2.70. The summed E-state index contributed by atoms with van der Waals surface area (Å²) in [4.78, 5) is 11.8. The van der Waals surface area contributed by atoms with Crippen molar-refractivity contribution in [1.29, 1.82) is 0 Å². The number of aromatic nitrogens is 2. The van der Waals surface area contributed by atoms with Crippen LogP contribution in [0.5, 0.6) is 0 Å². The zero-order valence-corrected chi connectivity index (χ0v) is 11.4. The Morgan fingerprint density at radius 1 is 1.65 bits per heavy atom. The van der Waals surface area contributed by atoms with E-state index in [2.05, 4.69) is 28.7 Å². The summed E-state index contributed by atoms with van der Waals surface area (Å²) >= 11 is 1.79. The first-order chi connectivity index (χ1) is 8.10. The Kier molecular flexibility index (Phi) is 5.34. The predicted octanol–water partition coefficient (Wildman–Crippen LogP) is 1.43. The maximum atomic E-state index is 11.8. The highest BCUT2D eigenvalue weighted by molar-refractivity contribution is 7.99. The Labute approximate surface area is 106 Å². The first kappa shape index (κ1) is 13.9. The first-order valence-corrected chi connectivity index (χ1v) is 7.02. The van der Waals surface area contributed by atoms with Gasteiger partial charge in [-0.05, 0) is 19.1 Å². The third kappa shape index (κ3) is 3.66. The Morgan fingerprint density at radius 2 is 2.35 bits per heavy atom. The summed E-state index contributed by atoms with van der Waals surface area (Å²) in [6.45, 7) is 4.75. The first-order valence-electron chi connectivity index (χ1n) is 5.73. The van der Waals surface area contributed by atoms with Crippen molar-refractivity contribution >= 4 is 23.4 Å². The molecule has 0 radical (unpaired) electrons. The molecule has 1 aromatic heterocycles. The summed E-state index contributed by atoms with van der Waals surface area (Å²) in [6, 6.07) is 0. The van der Waals surface area contributed by atoms with Crippen molar-refractivity contribution in [3.8, 4) is 0 Å². The number of amides is 1. The normalized spacial score (nSPS) is 12.4. The standard InChI is InChI=1S/C11H20N4OS/c1-4-8-9(12)10(15-14-8)11(16)13-6-5-7(2)17-3/h7H,4-6,12H2,1-3H3,(H,13,16)(H,14,15). The number of rotatable bonds is 6. The van der Waals surface area contributed by atoms with E-state index in [1.165, 1.54) is 0 Å². The molecule has 1 amide bonds. The highest BCUT2D eigenvalue weighted by Crippen LogP contribution is 2.14. The number of nitrogens with zero attached hydrogens (tertiary/aromatic N) is 1. The summed E-state index contributed by atoms with van der Waals surface area (Å²) in [7, 11) is 0. The molecule has 0 aromatic carbocycles. The Balaban J connectivity index is 2.50. The molecule has 0 saturated carbocycles. The molecular weight excluding hydrogens is 236 g/mol. The van der Waals surface area contributed by atoms with Gasteiger partial charge in [-0.15, -0.1) is 0 Å². The van der Waals surface area contributed by atoms with Gasteiger partial charge >= 0.3 is 0 Å². The predicted molar refractivity (Wildman–Crippen MR) is 72.3 cm³/mol. The van der Waals surface area contributed by atoms with Crippen molar-refractivity contribution in [3.63, 3.8) is 0 Å². The molecule has 1 rings (SSSR count). The van der Waals surface area contributed by atoms with Crippen molar-refractivity contribution in [1.82, 2.24) is 15.5 Å². The lowest BCUT2D eigenvalue weighted by atomic mass is 10.2. The van der Waals surface area contributed by atoms with Crippen molar-refractivity contribution in [3.05, 3.63) is 11.4 Å². The average molecular weight is 256 g/mol. The van der Waals surface area contributed by atoms with Crippen molar-refractivity contribution in [2.75, 3.05) is 18.5 Å². The van der Waals surface area contributed by atoms with Gasteiger partial charge in [0.15, 0.2) is 5.69 Å². The topological polar surface area (TPSA) is 83.8 Å². The lowest BCUT2D eigenvalue weighted by molar-refractivity contribution is 0.0949. The fourth-order valence-electron chi connectivity index (χ4n) is 1.42. The van der Waals surface area contributed by atoms with Gasteiger partial charge in [0.05, 0.1) is 11.4 Å². The second-order valence-corrected chi connectivity index (χ2v) is 5.19. The van der Waals surface area contributed by atoms with Crippen LogP contribution in [0.15, 0.2) is 0 Å². The number of aromatic amines is 1. The second kappa shape index (κ2) is 6.54. The second-order valence-electron chi connectivity index (χ2n) is 3.91. The molecule has 0 saturated heterocycles. The van der Waals surface area contributed by atoms with Crippen molar-refractivity contribution in [2.45, 2.75) is 31.9 Å². The highest BCUT2D eigenvalue weighted by atomic mass is 32.2. The largest absolute Gasteiger partial charge is 0.395 e. The number of anilines is 1. The number of hydrogen-bond donors (Lipinski definition) is 3. The molecule has 0 aliphatic carbocycles. The van der Waals surface area contributed by atoms with Crippen LogP contribution in [0.2, 0.25) is 0 Å². The summed E-state index contributed by atoms with van der Waals surface area (Å²) in [5, 5.41) is 10.1. The molecule has 0 spiro atoms. The number of nitrogens with one attached hydrogen (secondary N) is 2. The van der Waals surface area contributed by atoms with Gasteiger partial charge in [0.2, 0.25) is 0 Å². The van der Waals surface area contributed by atoms with Crippen molar-refractivity contribution < 1.29 is 4.79 Å². The quantitative estimate of drug-likeness (QED) is 0.719. The van der Waals surface area contributed by atoms with Gasteiger partial charge in [-0.1, -0.05) is 13.8 Å². The van der Waals surface area contributed by atoms with E-state index in [9.17, 15) is 4.79 Å². The number of carbonyl (C=O) groups excluding carboxylic acids is 1. The minimum Gasteiger partial charge on any atom is -0.395 e. The van der Waals surface area contributed by atoms with E-state index in [4.69, 9.17) is 5.73 Å². The molecular formula is C11H20N4OS. The number of aryl methyl sites for hydroxylation is 1. The lowest BCUT2D eigenvalue weighted by Crippen LogP contribution is -2.27. The van der Waals surface area contributed by atoms with Crippen LogP contribution in [0, 0.1) is 0 Å². The van der Waals surface area contributed by atoms with Crippen molar-refractivity contribution in [2.24, 2.45) is 0 Å². The van der Waals surface area contributed by atoms with Gasteiger partial charge in [0, 0.05) is 11.8 Å². The summed E-state index contributed by atoms with van der Waals surface area (Å²) in [5.74, 6) is -0.202. The van der Waals surface area contributed by atoms with E-state index in [-0.39, 0.29) is 5.91 Å². The van der Waals surface area contributed by atoms with Gasteiger partial charge in [-0.2, -0.15) is 16.9 Å². The third-order valence-corrected chi connectivity index (χ3v) is 3.73. The molecule has 0 aliphatic rings. The molecule has 1 atom stereocenters. The van der Waals surface area contributed by atoms with Crippen LogP contribution in [0.25, 0.3) is 0 Å². The van der Waals surface area contributed by atoms with Gasteiger partial charge in [-0.3, -0.25) is 9.89 Å². The minimum atomic E-state index is -0.202. The zero-order valence-electron chi connectivity index (χ0n) is 10.5. The maximum Gasteiger partial charge on any atom is 0.273 e. The fraction of sp³-hybridized carbons (Fsp3) is 0.636. The summed E-state index contributed by atoms with van der Waals surface area (Å²) in [6.07, 6.45) is 3.75. The maximum absolute atomic E-state index is 11.8. The molecule has 1 heterocycles. The van der Waals surface area contributed by atoms with E-state index in [0.29, 0.717) is 23.2 Å². The molecule has 0 aliphatic heterocycles. The van der Waals surface area contributed by atoms with Crippen LogP contribution in [0.1, 0.15) is 36.5 Å². The molecule has 0 bridgehead atoms. The number of hydrogen-bond acceptors (Lipinski definition) is 4. The number of carbonyl (C=O) groups is 1. The van der Waals surface area contributed by atoms with Crippen LogP contribution in [-0.4, -0.2) is 34.2 Å². The summed E-state index contributed by atoms with van der Waals surface area (Å²) in [5.41, 5.74) is 7.39. The molecule has 17 heavy (non-hydrogen) atoms. The Morgan fingerprint density at radius 3 is 2.88 bits per heavy atom. The van der Waals surface area contributed by atoms with E-state index in [0.717, 1.165) is 18.5 Å². The highest BCUT2D eigenvalue weighted by Gasteiger charge is 2.15. The van der Waals surface area contributed by atoms with E-state index >= 15 is 0 Å². The van der Waals surface area contributed by atoms with Gasteiger partial charge in [0.25, 0.3) is 5.91 Å². The fourth-order valence-corrected chi connectivity index (χ4v) is 1.77. The van der Waals surface area contributed by atoms with Gasteiger partial charge in [0.1, 0.15) is 0 Å². The number of H-pyrrole nitrogens is 1. The van der Waals surface area contributed by atoms with Gasteiger partial charge < -0.3 is 11.1 Å². The van der Waals surface area contributed by atoms with E-state index in [1.807, 2.05) is 6.92 Å². The minimum absolute atomic E-state index is 0.202. The molecule has 1 aromatic rings. The lowest BCUT2D eigenvalue weighted by Gasteiger charge is -2.08. The summed E-state index contributed by atoms with van der Waals surface area (Å²) < 4.78 is 0. The molecule has 96 valence electrons. The van der Waals surface area contributed by atoms with Gasteiger partial charge in [-0.25, -0.2) is 0 Å². The number of nitrogens with two attached hydrogens (primary N) is 1. The third-order valence-electron chi connectivity index (χ3n) is 2.69. The molecule has 0 fully saturated rings. The Bertz CT molecular complexity index is 378. The molecule has 4 N–H and O–H groups in total.